The smallest absolute Gasteiger partial charge is 0.223 e. The molecule has 2 aliphatic rings. The molecule has 6 nitrogen and oxygen atoms in total. The second-order valence-corrected chi connectivity index (χ2v) is 8.87. The minimum absolute atomic E-state index is 0.117. The average Bonchev–Trinajstić information content (AvgIpc) is 2.79. The van der Waals surface area contributed by atoms with E-state index in [1.54, 1.807) is 17.2 Å². The van der Waals surface area contributed by atoms with Crippen molar-refractivity contribution in [3.05, 3.63) is 71.2 Å². The lowest BCUT2D eigenvalue weighted by molar-refractivity contribution is -0.130. The van der Waals surface area contributed by atoms with Crippen molar-refractivity contribution in [1.82, 2.24) is 15.1 Å². The Labute approximate surface area is 194 Å². The van der Waals surface area contributed by atoms with Gasteiger partial charge in [0, 0.05) is 50.6 Å². The molecule has 174 valence electrons. The van der Waals surface area contributed by atoms with Gasteiger partial charge in [0.2, 0.25) is 11.8 Å². The summed E-state index contributed by atoms with van der Waals surface area (Å²) in [4.78, 5) is 31.4. The lowest BCUT2D eigenvalue weighted by Crippen LogP contribution is -2.45. The van der Waals surface area contributed by atoms with Crippen LogP contribution in [-0.2, 0) is 9.59 Å². The van der Waals surface area contributed by atoms with Crippen LogP contribution in [0.2, 0.25) is 0 Å². The average molecular weight is 451 g/mol. The highest BCUT2D eigenvalue weighted by Gasteiger charge is 2.29. The SMILES string of the molecule is CC(=O)N1C=Cc2ccccc2C1CC(=O)NC(C)c1cc(F)ccc1N1CCN(C)CC1. The zero-order valence-corrected chi connectivity index (χ0v) is 19.4. The van der Waals surface area contributed by atoms with Crippen LogP contribution in [0.3, 0.4) is 0 Å². The molecule has 2 unspecified atom stereocenters. The van der Waals surface area contributed by atoms with Crippen molar-refractivity contribution in [2.24, 2.45) is 0 Å². The Bertz CT molecular complexity index is 1060. The third kappa shape index (κ3) is 5.09. The van der Waals surface area contributed by atoms with Crippen LogP contribution in [0.4, 0.5) is 10.1 Å². The van der Waals surface area contributed by atoms with Crippen LogP contribution in [0, 0.1) is 5.82 Å². The van der Waals surface area contributed by atoms with E-state index in [2.05, 4.69) is 22.2 Å². The Morgan fingerprint density at radius 2 is 1.85 bits per heavy atom. The quantitative estimate of drug-likeness (QED) is 0.755. The van der Waals surface area contributed by atoms with Crippen molar-refractivity contribution in [2.45, 2.75) is 32.4 Å². The molecule has 1 N–H and O–H groups in total. The number of nitrogens with one attached hydrogen (secondary N) is 1. The molecule has 0 aromatic heterocycles. The number of carbonyl (C=O) groups is 2. The summed E-state index contributed by atoms with van der Waals surface area (Å²) in [5.41, 5.74) is 3.67. The maximum atomic E-state index is 14.2. The van der Waals surface area contributed by atoms with Gasteiger partial charge in [0.15, 0.2) is 0 Å². The number of rotatable bonds is 5. The summed E-state index contributed by atoms with van der Waals surface area (Å²) in [7, 11) is 2.09. The molecule has 0 radical (unpaired) electrons. The molecule has 1 saturated heterocycles. The van der Waals surface area contributed by atoms with Gasteiger partial charge in [-0.25, -0.2) is 4.39 Å². The number of benzene rings is 2. The molecule has 2 heterocycles. The number of halogens is 1. The van der Waals surface area contributed by atoms with Crippen molar-refractivity contribution < 1.29 is 14.0 Å². The summed E-state index contributed by atoms with van der Waals surface area (Å²) in [5, 5.41) is 3.04. The molecule has 4 rings (SSSR count). The minimum atomic E-state index is -0.375. The zero-order valence-electron chi connectivity index (χ0n) is 19.4. The number of piperazine rings is 1. The van der Waals surface area contributed by atoms with Gasteiger partial charge in [-0.15, -0.1) is 0 Å². The van der Waals surface area contributed by atoms with Crippen molar-refractivity contribution in [3.63, 3.8) is 0 Å². The normalized spacial score (nSPS) is 19.2. The number of hydrogen-bond acceptors (Lipinski definition) is 4. The minimum Gasteiger partial charge on any atom is -0.369 e. The molecule has 7 heteroatoms. The van der Waals surface area contributed by atoms with Crippen LogP contribution in [0.25, 0.3) is 6.08 Å². The fourth-order valence-electron chi connectivity index (χ4n) is 4.67. The van der Waals surface area contributed by atoms with E-state index in [0.29, 0.717) is 0 Å². The van der Waals surface area contributed by atoms with Gasteiger partial charge in [-0.3, -0.25) is 9.59 Å². The van der Waals surface area contributed by atoms with Crippen LogP contribution >= 0.6 is 0 Å². The Morgan fingerprint density at radius 1 is 1.12 bits per heavy atom. The predicted octanol–water partition coefficient (Wildman–Crippen LogP) is 3.72. The highest BCUT2D eigenvalue weighted by molar-refractivity contribution is 5.82. The van der Waals surface area contributed by atoms with Gasteiger partial charge in [-0.2, -0.15) is 0 Å². The van der Waals surface area contributed by atoms with E-state index in [0.717, 1.165) is 48.6 Å². The Hall–Kier alpha value is -3.19. The van der Waals surface area contributed by atoms with E-state index in [1.165, 1.54) is 19.1 Å². The second-order valence-electron chi connectivity index (χ2n) is 8.87. The first-order valence-electron chi connectivity index (χ1n) is 11.4. The molecule has 0 saturated carbocycles. The number of carbonyl (C=O) groups excluding carboxylic acids is 2. The highest BCUT2D eigenvalue weighted by atomic mass is 19.1. The lowest BCUT2D eigenvalue weighted by atomic mass is 9.93. The first-order chi connectivity index (χ1) is 15.8. The molecule has 2 aromatic carbocycles. The van der Waals surface area contributed by atoms with E-state index in [1.807, 2.05) is 37.3 Å². The van der Waals surface area contributed by atoms with Gasteiger partial charge in [-0.1, -0.05) is 24.3 Å². The summed E-state index contributed by atoms with van der Waals surface area (Å²) in [6, 6.07) is 11.8. The second kappa shape index (κ2) is 9.75. The molecule has 1 fully saturated rings. The topological polar surface area (TPSA) is 55.9 Å². The number of fused-ring (bicyclic) bond motifs is 1. The van der Waals surface area contributed by atoms with Crippen molar-refractivity contribution in [1.29, 1.82) is 0 Å². The Balaban J connectivity index is 1.52. The maximum Gasteiger partial charge on any atom is 0.223 e. The van der Waals surface area contributed by atoms with Gasteiger partial charge >= 0.3 is 0 Å². The standard InChI is InChI=1S/C26H31FN4O2/c1-18(23-16-21(27)8-9-24(23)30-14-12-29(3)13-15-30)28-26(33)17-25-22-7-5-4-6-20(22)10-11-31(25)19(2)32/h4-11,16,18,25H,12-15,17H2,1-3H3,(H,28,33). The van der Waals surface area contributed by atoms with Crippen molar-refractivity contribution in [2.75, 3.05) is 38.1 Å². The van der Waals surface area contributed by atoms with Crippen LogP contribution in [0.15, 0.2) is 48.7 Å². The van der Waals surface area contributed by atoms with E-state index in [-0.39, 0.29) is 36.1 Å². The third-order valence-corrected chi connectivity index (χ3v) is 6.53. The predicted molar refractivity (Wildman–Crippen MR) is 128 cm³/mol. The number of hydrogen-bond donors (Lipinski definition) is 1. The molecule has 33 heavy (non-hydrogen) atoms. The molecule has 0 aliphatic carbocycles. The zero-order chi connectivity index (χ0) is 23.5. The Morgan fingerprint density at radius 3 is 2.58 bits per heavy atom. The van der Waals surface area contributed by atoms with Crippen LogP contribution in [0.1, 0.15) is 49.0 Å². The lowest BCUT2D eigenvalue weighted by Gasteiger charge is -2.36. The Kier molecular flexibility index (Phi) is 6.79. The number of nitrogens with zero attached hydrogens (tertiary/aromatic N) is 3. The van der Waals surface area contributed by atoms with Gasteiger partial charge in [0.1, 0.15) is 5.82 Å². The van der Waals surface area contributed by atoms with Crippen molar-refractivity contribution in [3.8, 4) is 0 Å². The third-order valence-electron chi connectivity index (χ3n) is 6.53. The molecule has 2 aromatic rings. The first kappa shape index (κ1) is 23.0. The molecule has 0 spiro atoms. The first-order valence-corrected chi connectivity index (χ1v) is 11.4. The molecular formula is C26H31FN4O2. The summed E-state index contributed by atoms with van der Waals surface area (Å²) in [6.07, 6.45) is 3.76. The van der Waals surface area contributed by atoms with Crippen molar-refractivity contribution >= 4 is 23.6 Å². The largest absolute Gasteiger partial charge is 0.369 e. The van der Waals surface area contributed by atoms with Gasteiger partial charge in [-0.05, 0) is 49.4 Å². The number of likely N-dealkylation sites (N-methyl/N-ethyl adjacent to an activating group) is 1. The fraction of sp³-hybridized carbons (Fsp3) is 0.385. The fourth-order valence-corrected chi connectivity index (χ4v) is 4.67. The van der Waals surface area contributed by atoms with Crippen LogP contribution in [-0.4, -0.2) is 54.8 Å². The maximum absolute atomic E-state index is 14.2. The number of amides is 2. The van der Waals surface area contributed by atoms with E-state index in [4.69, 9.17) is 0 Å². The summed E-state index contributed by atoms with van der Waals surface area (Å²) in [6.45, 7) is 6.97. The highest BCUT2D eigenvalue weighted by Crippen LogP contribution is 2.33. The molecule has 2 aliphatic heterocycles. The summed E-state index contributed by atoms with van der Waals surface area (Å²) < 4.78 is 14.2. The van der Waals surface area contributed by atoms with Crippen LogP contribution in [0.5, 0.6) is 0 Å². The molecule has 0 bridgehead atoms. The van der Waals surface area contributed by atoms with Gasteiger partial charge in [0.25, 0.3) is 0 Å². The van der Waals surface area contributed by atoms with E-state index >= 15 is 0 Å². The van der Waals surface area contributed by atoms with Crippen LogP contribution < -0.4 is 10.2 Å². The monoisotopic (exact) mass is 450 g/mol. The van der Waals surface area contributed by atoms with Gasteiger partial charge < -0.3 is 20.0 Å². The molecule has 2 amide bonds. The molecule has 2 atom stereocenters. The van der Waals surface area contributed by atoms with E-state index in [9.17, 15) is 14.0 Å². The molecular weight excluding hydrogens is 419 g/mol. The summed E-state index contributed by atoms with van der Waals surface area (Å²) in [5.74, 6) is -0.621. The summed E-state index contributed by atoms with van der Waals surface area (Å²) >= 11 is 0. The van der Waals surface area contributed by atoms with E-state index < -0.39 is 0 Å². The van der Waals surface area contributed by atoms with Gasteiger partial charge in [0.05, 0.1) is 18.5 Å². The number of anilines is 1.